The molecule has 1 heterocycles. The molecular weight excluding hydrogens is 289 g/mol. The number of benzene rings is 1. The van der Waals surface area contributed by atoms with Gasteiger partial charge in [-0.1, -0.05) is 0 Å². The van der Waals surface area contributed by atoms with E-state index in [4.69, 9.17) is 9.47 Å². The molecule has 1 aromatic rings. The molecule has 1 aliphatic rings. The normalized spacial score (nSPS) is 19.6. The van der Waals surface area contributed by atoms with Crippen molar-refractivity contribution in [3.63, 3.8) is 0 Å². The molecule has 1 unspecified atom stereocenters. The first-order chi connectivity index (χ1) is 7.47. The van der Waals surface area contributed by atoms with Crippen LogP contribution in [0.25, 0.3) is 0 Å². The van der Waals surface area contributed by atoms with E-state index < -0.39 is 11.7 Å². The molecular formula is C10H8BrF3O2. The van der Waals surface area contributed by atoms with Gasteiger partial charge in [0, 0.05) is 0 Å². The van der Waals surface area contributed by atoms with E-state index >= 15 is 0 Å². The smallest absolute Gasteiger partial charge is 0.416 e. The van der Waals surface area contributed by atoms with Crippen LogP contribution < -0.4 is 4.74 Å². The van der Waals surface area contributed by atoms with Crippen LogP contribution in [0.2, 0.25) is 0 Å². The van der Waals surface area contributed by atoms with E-state index in [1.807, 2.05) is 0 Å². The number of alkyl halides is 3. The predicted octanol–water partition coefficient (Wildman–Crippen LogP) is 3.25. The maximum atomic E-state index is 12.4. The lowest BCUT2D eigenvalue weighted by molar-refractivity contribution is -0.137. The van der Waals surface area contributed by atoms with E-state index in [2.05, 4.69) is 15.9 Å². The van der Waals surface area contributed by atoms with Crippen LogP contribution in [0.4, 0.5) is 13.2 Å². The van der Waals surface area contributed by atoms with Crippen molar-refractivity contribution in [2.45, 2.75) is 12.3 Å². The third-order valence-electron chi connectivity index (χ3n) is 2.09. The number of hydrogen-bond acceptors (Lipinski definition) is 2. The summed E-state index contributed by atoms with van der Waals surface area (Å²) in [5.74, 6) is 0.185. The van der Waals surface area contributed by atoms with Crippen LogP contribution in [0, 0.1) is 0 Å². The standard InChI is InChI=1S/C10H8BrF3O2/c11-8-2-1-6(10(12,13)14)3-9(8)16-5-7-4-15-7/h1-3,7H,4-5H2. The highest BCUT2D eigenvalue weighted by atomic mass is 79.9. The van der Waals surface area contributed by atoms with Crippen LogP contribution >= 0.6 is 15.9 Å². The second kappa shape index (κ2) is 4.25. The van der Waals surface area contributed by atoms with Crippen LogP contribution in [0.3, 0.4) is 0 Å². The molecule has 1 aliphatic heterocycles. The fourth-order valence-corrected chi connectivity index (χ4v) is 1.50. The average Bonchev–Trinajstić information content (AvgIpc) is 2.98. The molecule has 0 aliphatic carbocycles. The second-order valence-electron chi connectivity index (χ2n) is 3.41. The third kappa shape index (κ3) is 2.89. The first-order valence-electron chi connectivity index (χ1n) is 4.58. The summed E-state index contributed by atoms with van der Waals surface area (Å²) in [5.41, 5.74) is -0.720. The predicted molar refractivity (Wildman–Crippen MR) is 54.4 cm³/mol. The molecule has 1 saturated heterocycles. The molecule has 0 saturated carbocycles. The van der Waals surface area contributed by atoms with E-state index in [1.165, 1.54) is 6.07 Å². The zero-order valence-corrected chi connectivity index (χ0v) is 9.64. The summed E-state index contributed by atoms with van der Waals surface area (Å²) >= 11 is 3.13. The summed E-state index contributed by atoms with van der Waals surface area (Å²) in [6, 6.07) is 3.31. The van der Waals surface area contributed by atoms with Gasteiger partial charge in [0.2, 0.25) is 0 Å². The molecule has 6 heteroatoms. The van der Waals surface area contributed by atoms with E-state index in [1.54, 1.807) is 0 Å². The maximum Gasteiger partial charge on any atom is 0.416 e. The SMILES string of the molecule is FC(F)(F)c1ccc(Br)c(OCC2CO2)c1. The number of epoxide rings is 1. The first-order valence-corrected chi connectivity index (χ1v) is 5.37. The molecule has 0 bridgehead atoms. The molecule has 16 heavy (non-hydrogen) atoms. The quantitative estimate of drug-likeness (QED) is 0.799. The summed E-state index contributed by atoms with van der Waals surface area (Å²) in [5, 5.41) is 0. The zero-order valence-electron chi connectivity index (χ0n) is 8.05. The van der Waals surface area contributed by atoms with Gasteiger partial charge in [-0.2, -0.15) is 13.2 Å². The van der Waals surface area contributed by atoms with Crippen molar-refractivity contribution in [2.24, 2.45) is 0 Å². The molecule has 1 fully saturated rings. The lowest BCUT2D eigenvalue weighted by Crippen LogP contribution is -2.08. The number of ether oxygens (including phenoxy) is 2. The lowest BCUT2D eigenvalue weighted by Gasteiger charge is -2.11. The Morgan fingerprint density at radius 1 is 1.44 bits per heavy atom. The summed E-state index contributed by atoms with van der Waals surface area (Å²) in [7, 11) is 0. The van der Waals surface area contributed by atoms with Gasteiger partial charge in [0.05, 0.1) is 16.6 Å². The van der Waals surface area contributed by atoms with Crippen molar-refractivity contribution >= 4 is 15.9 Å². The Labute approximate surface area is 98.5 Å². The molecule has 2 rings (SSSR count). The molecule has 0 radical (unpaired) electrons. The highest BCUT2D eigenvalue weighted by Crippen LogP contribution is 2.35. The van der Waals surface area contributed by atoms with Gasteiger partial charge in [0.25, 0.3) is 0 Å². The molecule has 1 atom stereocenters. The summed E-state index contributed by atoms with van der Waals surface area (Å²) < 4.78 is 47.9. The van der Waals surface area contributed by atoms with Gasteiger partial charge in [-0.25, -0.2) is 0 Å². The molecule has 0 aromatic heterocycles. The Morgan fingerprint density at radius 3 is 2.69 bits per heavy atom. The van der Waals surface area contributed by atoms with Gasteiger partial charge in [0.1, 0.15) is 18.5 Å². The lowest BCUT2D eigenvalue weighted by atomic mass is 10.2. The van der Waals surface area contributed by atoms with Gasteiger partial charge in [-0.05, 0) is 34.1 Å². The van der Waals surface area contributed by atoms with Crippen molar-refractivity contribution in [1.29, 1.82) is 0 Å². The Bertz CT molecular complexity index is 388. The minimum absolute atomic E-state index is 0.0152. The summed E-state index contributed by atoms with van der Waals surface area (Å²) in [6.07, 6.45) is -4.34. The molecule has 0 spiro atoms. The topological polar surface area (TPSA) is 21.8 Å². The van der Waals surface area contributed by atoms with Crippen LogP contribution in [-0.2, 0) is 10.9 Å². The van der Waals surface area contributed by atoms with Crippen LogP contribution in [0.15, 0.2) is 22.7 Å². The fourth-order valence-electron chi connectivity index (χ4n) is 1.14. The number of halogens is 4. The van der Waals surface area contributed by atoms with Gasteiger partial charge < -0.3 is 9.47 Å². The Kier molecular flexibility index (Phi) is 3.12. The van der Waals surface area contributed by atoms with Crippen molar-refractivity contribution in [2.75, 3.05) is 13.2 Å². The van der Waals surface area contributed by atoms with Gasteiger partial charge in [-0.15, -0.1) is 0 Å². The molecule has 0 N–H and O–H groups in total. The number of rotatable bonds is 3. The number of hydrogen-bond donors (Lipinski definition) is 0. The highest BCUT2D eigenvalue weighted by Gasteiger charge is 2.31. The van der Waals surface area contributed by atoms with Crippen molar-refractivity contribution in [1.82, 2.24) is 0 Å². The second-order valence-corrected chi connectivity index (χ2v) is 4.26. The van der Waals surface area contributed by atoms with Crippen molar-refractivity contribution < 1.29 is 22.6 Å². The fraction of sp³-hybridized carbons (Fsp3) is 0.400. The van der Waals surface area contributed by atoms with Gasteiger partial charge >= 0.3 is 6.18 Å². The molecule has 88 valence electrons. The minimum atomic E-state index is -4.35. The van der Waals surface area contributed by atoms with Crippen LogP contribution in [-0.4, -0.2) is 19.3 Å². The molecule has 2 nitrogen and oxygen atoms in total. The Hall–Kier alpha value is -0.750. The minimum Gasteiger partial charge on any atom is -0.490 e. The Balaban J connectivity index is 2.14. The molecule has 0 amide bonds. The Morgan fingerprint density at radius 2 is 2.12 bits per heavy atom. The van der Waals surface area contributed by atoms with Gasteiger partial charge in [0.15, 0.2) is 0 Å². The molecule has 1 aromatic carbocycles. The van der Waals surface area contributed by atoms with Crippen molar-refractivity contribution in [3.8, 4) is 5.75 Å². The average molecular weight is 297 g/mol. The van der Waals surface area contributed by atoms with E-state index in [0.29, 0.717) is 11.1 Å². The van der Waals surface area contributed by atoms with Gasteiger partial charge in [-0.3, -0.25) is 0 Å². The summed E-state index contributed by atoms with van der Waals surface area (Å²) in [6.45, 7) is 0.885. The van der Waals surface area contributed by atoms with E-state index in [0.717, 1.165) is 12.1 Å². The summed E-state index contributed by atoms with van der Waals surface area (Å²) in [4.78, 5) is 0. The highest BCUT2D eigenvalue weighted by molar-refractivity contribution is 9.10. The zero-order chi connectivity index (χ0) is 11.8. The maximum absolute atomic E-state index is 12.4. The van der Waals surface area contributed by atoms with Crippen molar-refractivity contribution in [3.05, 3.63) is 28.2 Å². The van der Waals surface area contributed by atoms with E-state index in [9.17, 15) is 13.2 Å². The van der Waals surface area contributed by atoms with Crippen LogP contribution in [0.5, 0.6) is 5.75 Å². The van der Waals surface area contributed by atoms with E-state index in [-0.39, 0.29) is 18.5 Å². The monoisotopic (exact) mass is 296 g/mol. The third-order valence-corrected chi connectivity index (χ3v) is 2.74. The van der Waals surface area contributed by atoms with Crippen LogP contribution in [0.1, 0.15) is 5.56 Å². The largest absolute Gasteiger partial charge is 0.490 e. The first kappa shape index (κ1) is 11.7.